The Morgan fingerprint density at radius 1 is 1.35 bits per heavy atom. The highest BCUT2D eigenvalue weighted by molar-refractivity contribution is 7.91. The molecule has 2 fully saturated rings. The monoisotopic (exact) mass is 279 g/mol. The second kappa shape index (κ2) is 4.76. The average Bonchev–Trinajstić information content (AvgIpc) is 2.62. The van der Waals surface area contributed by atoms with Crippen molar-refractivity contribution in [3.8, 4) is 0 Å². The summed E-state index contributed by atoms with van der Waals surface area (Å²) in [4.78, 5) is 13.9. The molecule has 0 aromatic heterocycles. The SMILES string of the molecule is CC1CCN(C(=O)C2CCS(=O)(=O)C2)CC1Cl. The molecule has 2 heterocycles. The van der Waals surface area contributed by atoms with Crippen LogP contribution in [-0.4, -0.2) is 49.2 Å². The van der Waals surface area contributed by atoms with Gasteiger partial charge in [0.25, 0.3) is 0 Å². The van der Waals surface area contributed by atoms with Crippen LogP contribution in [0.25, 0.3) is 0 Å². The van der Waals surface area contributed by atoms with Gasteiger partial charge in [0, 0.05) is 13.1 Å². The zero-order valence-corrected chi connectivity index (χ0v) is 11.5. The van der Waals surface area contributed by atoms with E-state index in [9.17, 15) is 13.2 Å². The number of hydrogen-bond donors (Lipinski definition) is 0. The lowest BCUT2D eigenvalue weighted by molar-refractivity contribution is -0.135. The van der Waals surface area contributed by atoms with Crippen molar-refractivity contribution in [2.24, 2.45) is 11.8 Å². The molecule has 0 aromatic rings. The van der Waals surface area contributed by atoms with Gasteiger partial charge in [-0.05, 0) is 18.8 Å². The average molecular weight is 280 g/mol. The van der Waals surface area contributed by atoms with Crippen molar-refractivity contribution in [1.82, 2.24) is 4.90 Å². The molecule has 3 unspecified atom stereocenters. The number of amides is 1. The summed E-state index contributed by atoms with van der Waals surface area (Å²) in [5, 5.41) is -0.00860. The molecule has 0 bridgehead atoms. The Labute approximate surface area is 107 Å². The number of halogens is 1. The lowest BCUT2D eigenvalue weighted by Gasteiger charge is -2.35. The largest absolute Gasteiger partial charge is 0.341 e. The summed E-state index contributed by atoms with van der Waals surface area (Å²) in [6, 6.07) is 0. The van der Waals surface area contributed by atoms with E-state index in [1.165, 1.54) is 0 Å². The molecule has 0 spiro atoms. The Bertz CT molecular complexity index is 409. The molecule has 1 amide bonds. The molecule has 3 atom stereocenters. The van der Waals surface area contributed by atoms with Crippen LogP contribution < -0.4 is 0 Å². The summed E-state index contributed by atoms with van der Waals surface area (Å²) < 4.78 is 22.7. The van der Waals surface area contributed by atoms with Gasteiger partial charge in [0.1, 0.15) is 0 Å². The second-order valence-corrected chi connectivity index (χ2v) is 7.96. The predicted octanol–water partition coefficient (Wildman–Crippen LogP) is 0.897. The molecule has 17 heavy (non-hydrogen) atoms. The van der Waals surface area contributed by atoms with E-state index in [0.717, 1.165) is 6.42 Å². The lowest BCUT2D eigenvalue weighted by Crippen LogP contribution is -2.46. The van der Waals surface area contributed by atoms with Crippen molar-refractivity contribution in [1.29, 1.82) is 0 Å². The van der Waals surface area contributed by atoms with Crippen LogP contribution in [0.3, 0.4) is 0 Å². The van der Waals surface area contributed by atoms with Gasteiger partial charge in [0.2, 0.25) is 5.91 Å². The molecule has 2 aliphatic rings. The van der Waals surface area contributed by atoms with Crippen LogP contribution in [0.5, 0.6) is 0 Å². The molecule has 0 saturated carbocycles. The molecule has 0 aromatic carbocycles. The molecule has 4 nitrogen and oxygen atoms in total. The Morgan fingerprint density at radius 2 is 2.06 bits per heavy atom. The van der Waals surface area contributed by atoms with Crippen LogP contribution in [0.4, 0.5) is 0 Å². The summed E-state index contributed by atoms with van der Waals surface area (Å²) in [6.45, 7) is 3.34. The minimum Gasteiger partial charge on any atom is -0.341 e. The van der Waals surface area contributed by atoms with E-state index in [0.29, 0.717) is 25.4 Å². The predicted molar refractivity (Wildman–Crippen MR) is 66.8 cm³/mol. The van der Waals surface area contributed by atoms with E-state index in [1.54, 1.807) is 4.90 Å². The fourth-order valence-corrected chi connectivity index (χ4v) is 4.50. The van der Waals surface area contributed by atoms with E-state index < -0.39 is 9.84 Å². The molecule has 0 radical (unpaired) electrons. The van der Waals surface area contributed by atoms with Crippen LogP contribution in [0.2, 0.25) is 0 Å². The summed E-state index contributed by atoms with van der Waals surface area (Å²) in [7, 11) is -2.98. The van der Waals surface area contributed by atoms with Crippen molar-refractivity contribution in [2.75, 3.05) is 24.6 Å². The number of alkyl halides is 1. The highest BCUT2D eigenvalue weighted by Gasteiger charge is 2.37. The first-order valence-electron chi connectivity index (χ1n) is 6.02. The van der Waals surface area contributed by atoms with Gasteiger partial charge in [-0.3, -0.25) is 4.79 Å². The van der Waals surface area contributed by atoms with Gasteiger partial charge in [-0.25, -0.2) is 8.42 Å². The molecular weight excluding hydrogens is 262 g/mol. The molecule has 0 aliphatic carbocycles. The normalized spacial score (nSPS) is 37.1. The Hall–Kier alpha value is -0.290. The number of nitrogens with zero attached hydrogens (tertiary/aromatic N) is 1. The fourth-order valence-electron chi connectivity index (χ4n) is 2.47. The Morgan fingerprint density at radius 3 is 2.59 bits per heavy atom. The first-order valence-corrected chi connectivity index (χ1v) is 8.28. The first-order chi connectivity index (χ1) is 7.89. The molecule has 2 saturated heterocycles. The summed E-state index contributed by atoms with van der Waals surface area (Å²) in [5.41, 5.74) is 0. The van der Waals surface area contributed by atoms with Gasteiger partial charge in [0.15, 0.2) is 9.84 Å². The van der Waals surface area contributed by atoms with E-state index in [1.807, 2.05) is 0 Å². The number of hydrogen-bond acceptors (Lipinski definition) is 3. The summed E-state index contributed by atoms with van der Waals surface area (Å²) in [5.74, 6) is 0.233. The smallest absolute Gasteiger partial charge is 0.226 e. The van der Waals surface area contributed by atoms with Crippen molar-refractivity contribution in [2.45, 2.75) is 25.1 Å². The maximum atomic E-state index is 12.1. The topological polar surface area (TPSA) is 54.5 Å². The zero-order chi connectivity index (χ0) is 12.6. The van der Waals surface area contributed by atoms with Gasteiger partial charge < -0.3 is 4.90 Å². The van der Waals surface area contributed by atoms with Gasteiger partial charge in [-0.15, -0.1) is 11.6 Å². The van der Waals surface area contributed by atoms with Gasteiger partial charge in [-0.1, -0.05) is 6.92 Å². The highest BCUT2D eigenvalue weighted by Crippen LogP contribution is 2.26. The van der Waals surface area contributed by atoms with Gasteiger partial charge >= 0.3 is 0 Å². The van der Waals surface area contributed by atoms with E-state index in [4.69, 9.17) is 11.6 Å². The number of carbonyl (C=O) groups is 1. The van der Waals surface area contributed by atoms with Crippen LogP contribution in [-0.2, 0) is 14.6 Å². The molecule has 98 valence electrons. The third kappa shape index (κ3) is 2.94. The third-order valence-electron chi connectivity index (χ3n) is 3.76. The third-order valence-corrected chi connectivity index (χ3v) is 6.10. The quantitative estimate of drug-likeness (QED) is 0.670. The first kappa shape index (κ1) is 13.1. The molecule has 2 aliphatic heterocycles. The maximum Gasteiger partial charge on any atom is 0.226 e. The van der Waals surface area contributed by atoms with Crippen molar-refractivity contribution >= 4 is 27.3 Å². The number of rotatable bonds is 1. The van der Waals surface area contributed by atoms with Gasteiger partial charge in [0.05, 0.1) is 22.8 Å². The van der Waals surface area contributed by atoms with Crippen LogP contribution in [0.1, 0.15) is 19.8 Å². The van der Waals surface area contributed by atoms with Gasteiger partial charge in [-0.2, -0.15) is 0 Å². The molecule has 6 heteroatoms. The molecule has 2 rings (SSSR count). The number of sulfone groups is 1. The minimum absolute atomic E-state index is 0.00860. The molecule has 0 N–H and O–H groups in total. The summed E-state index contributed by atoms with van der Waals surface area (Å²) in [6.07, 6.45) is 1.37. The fraction of sp³-hybridized carbons (Fsp3) is 0.909. The number of likely N-dealkylation sites (tertiary alicyclic amines) is 1. The van der Waals surface area contributed by atoms with Crippen molar-refractivity contribution in [3.05, 3.63) is 0 Å². The van der Waals surface area contributed by atoms with E-state index >= 15 is 0 Å². The standard InChI is InChI=1S/C11H18ClNO3S/c1-8-2-4-13(6-10(8)12)11(14)9-3-5-17(15,16)7-9/h8-10H,2-7H2,1H3. The second-order valence-electron chi connectivity index (χ2n) is 5.17. The summed E-state index contributed by atoms with van der Waals surface area (Å²) >= 11 is 6.16. The zero-order valence-electron chi connectivity index (χ0n) is 9.93. The van der Waals surface area contributed by atoms with Crippen LogP contribution >= 0.6 is 11.6 Å². The number of piperidine rings is 1. The highest BCUT2D eigenvalue weighted by atomic mass is 35.5. The molecular formula is C11H18ClNO3S. The van der Waals surface area contributed by atoms with E-state index in [-0.39, 0.29) is 28.7 Å². The van der Waals surface area contributed by atoms with E-state index in [2.05, 4.69) is 6.92 Å². The number of carbonyl (C=O) groups excluding carboxylic acids is 1. The Kier molecular flexibility index (Phi) is 3.69. The Balaban J connectivity index is 1.97. The van der Waals surface area contributed by atoms with Crippen molar-refractivity contribution < 1.29 is 13.2 Å². The minimum atomic E-state index is -2.98. The van der Waals surface area contributed by atoms with Crippen LogP contribution in [0, 0.1) is 11.8 Å². The van der Waals surface area contributed by atoms with Crippen molar-refractivity contribution in [3.63, 3.8) is 0 Å². The lowest BCUT2D eigenvalue weighted by atomic mass is 9.97. The van der Waals surface area contributed by atoms with Crippen LogP contribution in [0.15, 0.2) is 0 Å². The maximum absolute atomic E-state index is 12.1.